The molecule has 0 saturated carbocycles. The third kappa shape index (κ3) is 12.6. The van der Waals surface area contributed by atoms with Gasteiger partial charge < -0.3 is 20.4 Å². The van der Waals surface area contributed by atoms with Crippen LogP contribution in [0.4, 0.5) is 0 Å². The van der Waals surface area contributed by atoms with Crippen LogP contribution in [-0.4, -0.2) is 142 Å². The van der Waals surface area contributed by atoms with Gasteiger partial charge in [0, 0.05) is 52.4 Å². The van der Waals surface area contributed by atoms with Crippen molar-refractivity contribution in [1.29, 1.82) is 0 Å². The Morgan fingerprint density at radius 2 is 0.972 bits per heavy atom. The van der Waals surface area contributed by atoms with Gasteiger partial charge in [0.1, 0.15) is 6.04 Å². The van der Waals surface area contributed by atoms with Crippen molar-refractivity contribution in [1.82, 2.24) is 19.6 Å². The lowest BCUT2D eigenvalue weighted by Gasteiger charge is -2.36. The molecule has 1 fully saturated rings. The van der Waals surface area contributed by atoms with Crippen LogP contribution in [0, 0.1) is 11.3 Å². The third-order valence-electron chi connectivity index (χ3n) is 7.03. The van der Waals surface area contributed by atoms with Crippen LogP contribution in [-0.2, 0) is 19.2 Å². The Bertz CT molecular complexity index is 710. The van der Waals surface area contributed by atoms with E-state index in [2.05, 4.69) is 27.7 Å². The number of carbonyl (C=O) groups is 4. The Kier molecular flexibility index (Phi) is 13.3. The molecule has 2 unspecified atom stereocenters. The lowest BCUT2D eigenvalue weighted by atomic mass is 9.79. The van der Waals surface area contributed by atoms with Gasteiger partial charge in [-0.25, -0.2) is 0 Å². The van der Waals surface area contributed by atoms with Crippen molar-refractivity contribution >= 4 is 23.9 Å². The standard InChI is InChI=1S/C24H44N4O8/c1-18(24(2,3)4)5-6-19(23(35)36)28-13-11-26(16-21(31)32)9-7-25(15-20(29)30)8-10-27(12-14-28)17-22(33)34/h18-19H,5-17H2,1-4H3,(H,29,30)(H,31,32)(H,33,34)(H,35,36). The largest absolute Gasteiger partial charge is 0.480 e. The number of hydrogen-bond donors (Lipinski definition) is 4. The van der Waals surface area contributed by atoms with Crippen LogP contribution in [0.3, 0.4) is 0 Å². The molecule has 0 aromatic heterocycles. The van der Waals surface area contributed by atoms with Gasteiger partial charge in [0.15, 0.2) is 0 Å². The maximum absolute atomic E-state index is 12.3. The van der Waals surface area contributed by atoms with Crippen LogP contribution < -0.4 is 0 Å². The monoisotopic (exact) mass is 516 g/mol. The van der Waals surface area contributed by atoms with Gasteiger partial charge in [0.2, 0.25) is 0 Å². The van der Waals surface area contributed by atoms with Gasteiger partial charge >= 0.3 is 23.9 Å². The molecule has 0 aromatic rings. The molecule has 0 aliphatic carbocycles. The minimum Gasteiger partial charge on any atom is -0.480 e. The molecule has 1 aliphatic heterocycles. The topological polar surface area (TPSA) is 162 Å². The first-order chi connectivity index (χ1) is 16.7. The number of nitrogens with zero attached hydrogens (tertiary/aromatic N) is 4. The van der Waals surface area contributed by atoms with Crippen molar-refractivity contribution in [3.63, 3.8) is 0 Å². The van der Waals surface area contributed by atoms with E-state index in [1.165, 1.54) is 0 Å². The summed E-state index contributed by atoms with van der Waals surface area (Å²) >= 11 is 0. The first kappa shape index (κ1) is 31.7. The maximum Gasteiger partial charge on any atom is 0.320 e. The summed E-state index contributed by atoms with van der Waals surface area (Å²) in [5.41, 5.74) is 0.0310. The highest BCUT2D eigenvalue weighted by atomic mass is 16.4. The predicted octanol–water partition coefficient (Wildman–Crippen LogP) is 0.377. The normalized spacial score (nSPS) is 20.1. The van der Waals surface area contributed by atoms with Crippen molar-refractivity contribution in [2.24, 2.45) is 11.3 Å². The second kappa shape index (κ2) is 15.1. The lowest BCUT2D eigenvalue weighted by molar-refractivity contribution is -0.145. The molecule has 36 heavy (non-hydrogen) atoms. The Hall–Kier alpha value is -2.28. The molecule has 1 heterocycles. The van der Waals surface area contributed by atoms with Crippen LogP contribution in [0.5, 0.6) is 0 Å². The highest BCUT2D eigenvalue weighted by Crippen LogP contribution is 2.30. The zero-order valence-electron chi connectivity index (χ0n) is 22.1. The molecule has 0 aromatic carbocycles. The summed E-state index contributed by atoms with van der Waals surface area (Å²) < 4.78 is 0. The quantitative estimate of drug-likeness (QED) is 0.299. The van der Waals surface area contributed by atoms with E-state index < -0.39 is 29.9 Å². The van der Waals surface area contributed by atoms with Gasteiger partial charge in [0.05, 0.1) is 19.6 Å². The Labute approximate surface area is 213 Å². The summed E-state index contributed by atoms with van der Waals surface area (Å²) in [5.74, 6) is -3.71. The summed E-state index contributed by atoms with van der Waals surface area (Å²) in [6.07, 6.45) is 1.14. The zero-order valence-corrected chi connectivity index (χ0v) is 22.1. The molecule has 12 nitrogen and oxygen atoms in total. The third-order valence-corrected chi connectivity index (χ3v) is 7.03. The number of hydrogen-bond acceptors (Lipinski definition) is 8. The van der Waals surface area contributed by atoms with E-state index in [-0.39, 0.29) is 25.0 Å². The fraction of sp³-hybridized carbons (Fsp3) is 0.833. The van der Waals surface area contributed by atoms with Crippen molar-refractivity contribution in [2.75, 3.05) is 72.0 Å². The highest BCUT2D eigenvalue weighted by molar-refractivity contribution is 5.73. The lowest BCUT2D eigenvalue weighted by Crippen LogP contribution is -2.52. The van der Waals surface area contributed by atoms with E-state index in [1.807, 2.05) is 4.90 Å². The average molecular weight is 517 g/mol. The first-order valence-electron chi connectivity index (χ1n) is 12.5. The minimum atomic E-state index is -1.02. The van der Waals surface area contributed by atoms with Crippen LogP contribution >= 0.6 is 0 Å². The van der Waals surface area contributed by atoms with Gasteiger partial charge in [-0.3, -0.25) is 38.8 Å². The first-order valence-corrected chi connectivity index (χ1v) is 12.5. The van der Waals surface area contributed by atoms with E-state index in [9.17, 15) is 39.6 Å². The van der Waals surface area contributed by atoms with Crippen LogP contribution in [0.25, 0.3) is 0 Å². The Morgan fingerprint density at radius 1 is 0.639 bits per heavy atom. The molecule has 208 valence electrons. The van der Waals surface area contributed by atoms with Gasteiger partial charge in [0.25, 0.3) is 0 Å². The van der Waals surface area contributed by atoms with Crippen molar-refractivity contribution in [2.45, 2.75) is 46.6 Å². The van der Waals surface area contributed by atoms with Gasteiger partial charge in [-0.05, 0) is 24.2 Å². The number of rotatable bonds is 11. The fourth-order valence-corrected chi connectivity index (χ4v) is 4.22. The molecule has 4 N–H and O–H groups in total. The molecule has 0 spiro atoms. The summed E-state index contributed by atoms with van der Waals surface area (Å²) in [6.45, 7) is 10.1. The Morgan fingerprint density at radius 3 is 1.25 bits per heavy atom. The average Bonchev–Trinajstić information content (AvgIpc) is 2.72. The molecular formula is C24H44N4O8. The van der Waals surface area contributed by atoms with Crippen molar-refractivity contribution in [3.05, 3.63) is 0 Å². The van der Waals surface area contributed by atoms with E-state index in [0.717, 1.165) is 0 Å². The van der Waals surface area contributed by atoms with Crippen LogP contribution in [0.15, 0.2) is 0 Å². The highest BCUT2D eigenvalue weighted by Gasteiger charge is 2.30. The smallest absolute Gasteiger partial charge is 0.320 e. The van der Waals surface area contributed by atoms with Gasteiger partial charge in [-0.15, -0.1) is 0 Å². The SMILES string of the molecule is CC(CCC(C(=O)O)N1CCN(CC(=O)O)CCN(CC(=O)O)CCN(CC(=O)O)CC1)C(C)(C)C. The molecule has 0 amide bonds. The maximum atomic E-state index is 12.3. The second-order valence-corrected chi connectivity index (χ2v) is 10.7. The predicted molar refractivity (Wildman–Crippen MR) is 133 cm³/mol. The van der Waals surface area contributed by atoms with Crippen LogP contribution in [0.2, 0.25) is 0 Å². The molecule has 0 radical (unpaired) electrons. The number of carboxylic acids is 4. The summed E-state index contributed by atoms with van der Waals surface area (Å²) in [5, 5.41) is 38.0. The summed E-state index contributed by atoms with van der Waals surface area (Å²) in [4.78, 5) is 53.3. The molecule has 12 heteroatoms. The van der Waals surface area contributed by atoms with E-state index in [4.69, 9.17) is 0 Å². The Balaban J connectivity index is 3.14. The van der Waals surface area contributed by atoms with Crippen LogP contribution in [0.1, 0.15) is 40.5 Å². The van der Waals surface area contributed by atoms with E-state index >= 15 is 0 Å². The molecule has 1 aliphatic rings. The fourth-order valence-electron chi connectivity index (χ4n) is 4.22. The second-order valence-electron chi connectivity index (χ2n) is 10.7. The summed E-state index contributed by atoms with van der Waals surface area (Å²) in [7, 11) is 0. The molecule has 1 saturated heterocycles. The van der Waals surface area contributed by atoms with E-state index in [1.54, 1.807) is 14.7 Å². The van der Waals surface area contributed by atoms with Gasteiger partial charge in [-0.2, -0.15) is 0 Å². The summed E-state index contributed by atoms with van der Waals surface area (Å²) in [6, 6.07) is -0.778. The van der Waals surface area contributed by atoms with Gasteiger partial charge in [-0.1, -0.05) is 27.7 Å². The van der Waals surface area contributed by atoms with Crippen molar-refractivity contribution < 1.29 is 39.6 Å². The molecule has 0 bridgehead atoms. The number of aliphatic carboxylic acids is 4. The number of carboxylic acid groups (broad SMARTS) is 4. The van der Waals surface area contributed by atoms with Crippen molar-refractivity contribution in [3.8, 4) is 0 Å². The molecule has 2 atom stereocenters. The molecular weight excluding hydrogens is 472 g/mol. The minimum absolute atomic E-state index is 0.0310. The molecule has 1 rings (SSSR count). The zero-order chi connectivity index (χ0) is 27.5. The van der Waals surface area contributed by atoms with E-state index in [0.29, 0.717) is 71.1 Å².